The zero-order chi connectivity index (χ0) is 9.97. The summed E-state index contributed by atoms with van der Waals surface area (Å²) in [5.74, 6) is 0.849. The largest absolute Gasteiger partial charge is 0.399 e. The van der Waals surface area contributed by atoms with Crippen molar-refractivity contribution in [1.29, 1.82) is 0 Å². The third-order valence-electron chi connectivity index (χ3n) is 2.98. The van der Waals surface area contributed by atoms with Crippen molar-refractivity contribution in [2.24, 2.45) is 0 Å². The summed E-state index contributed by atoms with van der Waals surface area (Å²) in [6.45, 7) is 2.24. The molecule has 1 fully saturated rings. The van der Waals surface area contributed by atoms with Gasteiger partial charge in [-0.1, -0.05) is 19.4 Å². The van der Waals surface area contributed by atoms with E-state index in [0.717, 1.165) is 11.6 Å². The molecule has 0 unspecified atom stereocenters. The first-order valence-electron chi connectivity index (χ1n) is 5.69. The smallest absolute Gasteiger partial charge is 0.0316 e. The van der Waals surface area contributed by atoms with Gasteiger partial charge in [0, 0.05) is 5.69 Å². The minimum absolute atomic E-state index is 0.849. The first kappa shape index (κ1) is 9.57. The maximum Gasteiger partial charge on any atom is 0.0316 e. The molecule has 0 bridgehead atoms. The van der Waals surface area contributed by atoms with Gasteiger partial charge in [-0.25, -0.2) is 0 Å². The molecular weight excluding hydrogens is 170 g/mol. The third kappa shape index (κ3) is 2.09. The monoisotopic (exact) mass is 189 g/mol. The van der Waals surface area contributed by atoms with Gasteiger partial charge in [0.2, 0.25) is 0 Å². The van der Waals surface area contributed by atoms with Crippen molar-refractivity contribution in [1.82, 2.24) is 0 Å². The molecule has 1 aromatic rings. The van der Waals surface area contributed by atoms with Gasteiger partial charge in [0.15, 0.2) is 0 Å². The Morgan fingerprint density at radius 3 is 2.79 bits per heavy atom. The van der Waals surface area contributed by atoms with E-state index < -0.39 is 0 Å². The second-order valence-electron chi connectivity index (χ2n) is 4.34. The van der Waals surface area contributed by atoms with E-state index >= 15 is 0 Å². The van der Waals surface area contributed by atoms with E-state index in [0.29, 0.717) is 0 Å². The number of benzene rings is 1. The average molecular weight is 189 g/mol. The van der Waals surface area contributed by atoms with Crippen LogP contribution in [0.5, 0.6) is 0 Å². The Labute approximate surface area is 86.3 Å². The maximum absolute atomic E-state index is 5.82. The highest BCUT2D eigenvalue weighted by Gasteiger charge is 2.25. The molecule has 0 spiro atoms. The highest BCUT2D eigenvalue weighted by molar-refractivity contribution is 5.47. The normalized spacial score (nSPS) is 15.8. The number of nitrogens with two attached hydrogens (primary N) is 1. The Hall–Kier alpha value is -0.980. The van der Waals surface area contributed by atoms with Crippen molar-refractivity contribution in [2.75, 3.05) is 5.73 Å². The Balaban J connectivity index is 2.19. The predicted octanol–water partition coefficient (Wildman–Crippen LogP) is 3.49. The first-order chi connectivity index (χ1) is 6.81. The Morgan fingerprint density at radius 1 is 1.36 bits per heavy atom. The molecule has 1 saturated carbocycles. The predicted molar refractivity (Wildman–Crippen MR) is 61.4 cm³/mol. The van der Waals surface area contributed by atoms with Gasteiger partial charge in [-0.05, 0) is 54.9 Å². The summed E-state index contributed by atoms with van der Waals surface area (Å²) in [6.07, 6.45) is 6.50. The van der Waals surface area contributed by atoms with E-state index in [9.17, 15) is 0 Å². The van der Waals surface area contributed by atoms with E-state index in [1.807, 2.05) is 6.07 Å². The zero-order valence-corrected chi connectivity index (χ0v) is 8.92. The molecule has 0 saturated heterocycles. The summed E-state index contributed by atoms with van der Waals surface area (Å²) in [7, 11) is 0. The zero-order valence-electron chi connectivity index (χ0n) is 8.92. The molecular formula is C13H19N. The highest BCUT2D eigenvalue weighted by atomic mass is 14.5. The van der Waals surface area contributed by atoms with E-state index in [2.05, 4.69) is 19.1 Å². The van der Waals surface area contributed by atoms with Crippen molar-refractivity contribution in [2.45, 2.75) is 44.9 Å². The molecule has 14 heavy (non-hydrogen) atoms. The highest BCUT2D eigenvalue weighted by Crippen LogP contribution is 2.42. The molecule has 2 rings (SSSR count). The number of hydrogen-bond acceptors (Lipinski definition) is 1. The summed E-state index contributed by atoms with van der Waals surface area (Å²) >= 11 is 0. The lowest BCUT2D eigenvalue weighted by atomic mass is 9.98. The van der Waals surface area contributed by atoms with E-state index in [1.165, 1.54) is 37.7 Å². The minimum Gasteiger partial charge on any atom is -0.399 e. The van der Waals surface area contributed by atoms with Gasteiger partial charge in [0.1, 0.15) is 0 Å². The van der Waals surface area contributed by atoms with Crippen molar-refractivity contribution >= 4 is 5.69 Å². The van der Waals surface area contributed by atoms with Gasteiger partial charge in [-0.15, -0.1) is 0 Å². The van der Waals surface area contributed by atoms with Crippen molar-refractivity contribution in [3.05, 3.63) is 29.3 Å². The average Bonchev–Trinajstić information content (AvgIpc) is 2.98. The lowest BCUT2D eigenvalue weighted by Gasteiger charge is -2.09. The molecule has 1 aromatic carbocycles. The maximum atomic E-state index is 5.82. The van der Waals surface area contributed by atoms with Crippen LogP contribution in [0, 0.1) is 0 Å². The Bertz CT molecular complexity index is 313. The van der Waals surface area contributed by atoms with Crippen LogP contribution >= 0.6 is 0 Å². The molecule has 2 N–H and O–H groups in total. The van der Waals surface area contributed by atoms with Crippen molar-refractivity contribution < 1.29 is 0 Å². The van der Waals surface area contributed by atoms with Gasteiger partial charge in [-0.2, -0.15) is 0 Å². The number of rotatable bonds is 4. The molecule has 1 heteroatoms. The van der Waals surface area contributed by atoms with Crippen LogP contribution in [0.4, 0.5) is 5.69 Å². The van der Waals surface area contributed by atoms with E-state index in [-0.39, 0.29) is 0 Å². The number of aryl methyl sites for hydroxylation is 1. The molecule has 0 aromatic heterocycles. The van der Waals surface area contributed by atoms with Gasteiger partial charge >= 0.3 is 0 Å². The fourth-order valence-corrected chi connectivity index (χ4v) is 2.00. The van der Waals surface area contributed by atoms with Crippen LogP contribution < -0.4 is 5.73 Å². The van der Waals surface area contributed by atoms with Crippen molar-refractivity contribution in [3.63, 3.8) is 0 Å². The molecule has 0 heterocycles. The fraction of sp³-hybridized carbons (Fsp3) is 0.538. The lowest BCUT2D eigenvalue weighted by molar-refractivity contribution is 0.786. The van der Waals surface area contributed by atoms with Crippen molar-refractivity contribution in [3.8, 4) is 0 Å². The topological polar surface area (TPSA) is 26.0 Å². The van der Waals surface area contributed by atoms with Gasteiger partial charge in [0.05, 0.1) is 0 Å². The third-order valence-corrected chi connectivity index (χ3v) is 2.98. The van der Waals surface area contributed by atoms with Crippen LogP contribution in [0.15, 0.2) is 18.2 Å². The number of unbranched alkanes of at least 4 members (excludes halogenated alkanes) is 1. The standard InChI is InChI=1S/C13H19N/c1-2-3-4-11-9-12(14)7-8-13(11)10-5-6-10/h7-10H,2-6,14H2,1H3. The van der Waals surface area contributed by atoms with Gasteiger partial charge in [0.25, 0.3) is 0 Å². The second kappa shape index (κ2) is 4.04. The van der Waals surface area contributed by atoms with Gasteiger partial charge in [-0.3, -0.25) is 0 Å². The Morgan fingerprint density at radius 2 is 2.14 bits per heavy atom. The summed E-state index contributed by atoms with van der Waals surface area (Å²) in [5.41, 5.74) is 9.79. The molecule has 0 radical (unpaired) electrons. The molecule has 1 aliphatic carbocycles. The number of hydrogen-bond donors (Lipinski definition) is 1. The molecule has 76 valence electrons. The summed E-state index contributed by atoms with van der Waals surface area (Å²) in [6, 6.07) is 6.45. The van der Waals surface area contributed by atoms with Crippen LogP contribution in [0.2, 0.25) is 0 Å². The van der Waals surface area contributed by atoms with Gasteiger partial charge < -0.3 is 5.73 Å². The van der Waals surface area contributed by atoms with E-state index in [4.69, 9.17) is 5.73 Å². The molecule has 1 nitrogen and oxygen atoms in total. The number of nitrogen functional groups attached to an aromatic ring is 1. The first-order valence-corrected chi connectivity index (χ1v) is 5.69. The van der Waals surface area contributed by atoms with Crippen LogP contribution in [-0.2, 0) is 6.42 Å². The molecule has 0 amide bonds. The summed E-state index contributed by atoms with van der Waals surface area (Å²) in [5, 5.41) is 0. The molecule has 1 aliphatic rings. The van der Waals surface area contributed by atoms with Crippen LogP contribution in [0.1, 0.15) is 49.7 Å². The Kier molecular flexibility index (Phi) is 2.76. The lowest BCUT2D eigenvalue weighted by Crippen LogP contribution is -1.95. The number of anilines is 1. The second-order valence-corrected chi connectivity index (χ2v) is 4.34. The fourth-order valence-electron chi connectivity index (χ4n) is 2.00. The van der Waals surface area contributed by atoms with Crippen LogP contribution in [0.25, 0.3) is 0 Å². The van der Waals surface area contributed by atoms with E-state index in [1.54, 1.807) is 5.56 Å². The SMILES string of the molecule is CCCCc1cc(N)ccc1C1CC1. The molecule has 0 atom stereocenters. The molecule has 0 aliphatic heterocycles. The quantitative estimate of drug-likeness (QED) is 0.721. The summed E-state index contributed by atoms with van der Waals surface area (Å²) in [4.78, 5) is 0. The summed E-state index contributed by atoms with van der Waals surface area (Å²) < 4.78 is 0. The van der Waals surface area contributed by atoms with Crippen LogP contribution in [-0.4, -0.2) is 0 Å². The van der Waals surface area contributed by atoms with Crippen LogP contribution in [0.3, 0.4) is 0 Å². The minimum atomic E-state index is 0.849.